The topological polar surface area (TPSA) is 80.0 Å². The van der Waals surface area contributed by atoms with Gasteiger partial charge in [-0.25, -0.2) is 8.78 Å². The molecule has 0 spiro atoms. The van der Waals surface area contributed by atoms with Crippen molar-refractivity contribution in [3.8, 4) is 0 Å². The number of carbonyl (C=O) groups is 1. The monoisotopic (exact) mass is 574 g/mol. The minimum atomic E-state index is -2.54. The first kappa shape index (κ1) is 33.6. The Morgan fingerprint density at radius 3 is 2.27 bits per heavy atom. The SMILES string of the molecule is CCC(=O)c1cc(CNCC2CCC2)cc(C(F)F)c1CC.CN(C=N)C=N.Cc1cccc(C2CC(Cl)C2)c1. The Hall–Kier alpha value is -2.64. The molecule has 0 atom stereocenters. The zero-order chi connectivity index (χ0) is 29.7. The number of carbonyl (C=O) groups excluding carboxylic acids is 1. The minimum absolute atomic E-state index is 0.0160. The zero-order valence-electron chi connectivity index (χ0n) is 24.3. The lowest BCUT2D eigenvalue weighted by Gasteiger charge is -2.31. The first-order chi connectivity index (χ1) is 19.1. The summed E-state index contributed by atoms with van der Waals surface area (Å²) in [5, 5.41) is 16.7. The summed E-state index contributed by atoms with van der Waals surface area (Å²) in [5.41, 5.74) is 4.59. The Morgan fingerprint density at radius 1 is 1.15 bits per heavy atom. The highest BCUT2D eigenvalue weighted by molar-refractivity contribution is 6.21. The third-order valence-corrected chi connectivity index (χ3v) is 7.90. The van der Waals surface area contributed by atoms with E-state index in [4.69, 9.17) is 22.4 Å². The Morgan fingerprint density at radius 2 is 1.82 bits per heavy atom. The van der Waals surface area contributed by atoms with E-state index in [0.717, 1.165) is 49.5 Å². The van der Waals surface area contributed by atoms with Gasteiger partial charge in [0, 0.05) is 36.5 Å². The summed E-state index contributed by atoms with van der Waals surface area (Å²) in [6.45, 7) is 7.20. The van der Waals surface area contributed by atoms with Crippen molar-refractivity contribution < 1.29 is 13.6 Å². The van der Waals surface area contributed by atoms with Crippen molar-refractivity contribution in [3.05, 3.63) is 69.8 Å². The average molecular weight is 575 g/mol. The van der Waals surface area contributed by atoms with Crippen molar-refractivity contribution in [2.24, 2.45) is 5.92 Å². The van der Waals surface area contributed by atoms with Gasteiger partial charge in [0.05, 0.1) is 12.7 Å². The minimum Gasteiger partial charge on any atom is -0.327 e. The van der Waals surface area contributed by atoms with Gasteiger partial charge in [-0.3, -0.25) is 15.6 Å². The number of alkyl halides is 3. The summed E-state index contributed by atoms with van der Waals surface area (Å²) >= 11 is 5.93. The molecule has 2 fully saturated rings. The van der Waals surface area contributed by atoms with Crippen LogP contribution in [0.2, 0.25) is 0 Å². The van der Waals surface area contributed by atoms with E-state index in [1.807, 2.05) is 6.92 Å². The molecule has 3 N–H and O–H groups in total. The van der Waals surface area contributed by atoms with Gasteiger partial charge in [0.25, 0.3) is 6.43 Å². The third-order valence-electron chi connectivity index (χ3n) is 7.54. The van der Waals surface area contributed by atoms with Crippen LogP contribution >= 0.6 is 11.6 Å². The van der Waals surface area contributed by atoms with Crippen LogP contribution in [-0.2, 0) is 13.0 Å². The molecule has 0 radical (unpaired) electrons. The Labute approximate surface area is 243 Å². The predicted molar refractivity (Wildman–Crippen MR) is 163 cm³/mol. The second-order valence-electron chi connectivity index (χ2n) is 10.7. The number of benzene rings is 2. The van der Waals surface area contributed by atoms with Gasteiger partial charge in [-0.1, -0.05) is 50.1 Å². The van der Waals surface area contributed by atoms with Crippen molar-refractivity contribution in [3.63, 3.8) is 0 Å². The molecule has 0 heterocycles. The van der Waals surface area contributed by atoms with E-state index in [-0.39, 0.29) is 11.3 Å². The fourth-order valence-electron chi connectivity index (χ4n) is 4.79. The predicted octanol–water partition coefficient (Wildman–Crippen LogP) is 8.28. The van der Waals surface area contributed by atoms with E-state index < -0.39 is 6.43 Å². The molecule has 0 unspecified atom stereocenters. The molecule has 2 aromatic carbocycles. The summed E-state index contributed by atoms with van der Waals surface area (Å²) in [4.78, 5) is 13.4. The Bertz CT molecular complexity index is 1090. The highest BCUT2D eigenvalue weighted by Gasteiger charge is 2.28. The lowest BCUT2D eigenvalue weighted by Crippen LogP contribution is -2.27. The highest BCUT2D eigenvalue weighted by Crippen LogP contribution is 2.40. The lowest BCUT2D eigenvalue weighted by atomic mass is 9.79. The summed E-state index contributed by atoms with van der Waals surface area (Å²) in [6, 6.07) is 12.1. The van der Waals surface area contributed by atoms with Gasteiger partial charge in [-0.15, -0.1) is 11.6 Å². The molecule has 8 heteroatoms. The smallest absolute Gasteiger partial charge is 0.264 e. The molecule has 2 aromatic rings. The average Bonchev–Trinajstić information content (AvgIpc) is 2.91. The summed E-state index contributed by atoms with van der Waals surface area (Å²) in [6.07, 6.45) is 6.50. The van der Waals surface area contributed by atoms with Gasteiger partial charge in [0.15, 0.2) is 5.78 Å². The summed E-state index contributed by atoms with van der Waals surface area (Å²) < 4.78 is 26.6. The maximum atomic E-state index is 13.3. The number of Topliss-reactive ketones (excluding diaryl/α,β-unsaturated/α-hetero) is 1. The first-order valence-electron chi connectivity index (χ1n) is 14.2. The standard InChI is InChI=1S/C18H25F2NO.C11H13Cl.C3H7N3/c1-3-14-15(17(22)4-2)8-13(9-16(14)18(19)20)11-21-10-12-6-5-7-12;1-8-3-2-4-9(5-8)10-6-11(12)7-10;1-6(2-4)3-5/h8-9,12,18,21H,3-7,10-11H2,1-2H3;2-5,10-11H,6-7H2,1H3;2-5H,1H3. The van der Waals surface area contributed by atoms with Crippen molar-refractivity contribution in [2.45, 2.75) is 90.0 Å². The molecule has 0 aliphatic heterocycles. The maximum absolute atomic E-state index is 13.3. The number of hydrogen-bond donors (Lipinski definition) is 3. The lowest BCUT2D eigenvalue weighted by molar-refractivity contribution is 0.0986. The fraction of sp³-hybridized carbons (Fsp3) is 0.531. The molecule has 0 bridgehead atoms. The molecular weight excluding hydrogens is 530 g/mol. The number of nitrogens with one attached hydrogen (secondary N) is 3. The van der Waals surface area contributed by atoms with Gasteiger partial charge >= 0.3 is 0 Å². The molecule has 2 aliphatic rings. The van der Waals surface area contributed by atoms with E-state index in [1.165, 1.54) is 35.3 Å². The molecule has 0 aromatic heterocycles. The zero-order valence-corrected chi connectivity index (χ0v) is 25.0. The van der Waals surface area contributed by atoms with Gasteiger partial charge in [0.1, 0.15) is 0 Å². The van der Waals surface area contributed by atoms with E-state index in [1.54, 1.807) is 26.1 Å². The molecule has 2 saturated carbocycles. The quantitative estimate of drug-likeness (QED) is 0.109. The van der Waals surface area contributed by atoms with Crippen LogP contribution in [0.1, 0.15) is 103 Å². The Balaban J connectivity index is 0.000000258. The van der Waals surface area contributed by atoms with Crippen LogP contribution in [-0.4, -0.2) is 42.3 Å². The number of rotatable bonds is 11. The third kappa shape index (κ3) is 10.4. The van der Waals surface area contributed by atoms with Crippen LogP contribution in [0, 0.1) is 23.7 Å². The summed E-state index contributed by atoms with van der Waals surface area (Å²) in [7, 11) is 1.62. The molecule has 2 aliphatic carbocycles. The van der Waals surface area contributed by atoms with Gasteiger partial charge in [0.2, 0.25) is 0 Å². The van der Waals surface area contributed by atoms with Crippen LogP contribution in [0.3, 0.4) is 0 Å². The van der Waals surface area contributed by atoms with Crippen molar-refractivity contribution in [1.82, 2.24) is 10.2 Å². The number of nitrogens with zero attached hydrogens (tertiary/aromatic N) is 1. The molecule has 220 valence electrons. The second kappa shape index (κ2) is 17.2. The van der Waals surface area contributed by atoms with Crippen molar-refractivity contribution >= 4 is 30.1 Å². The van der Waals surface area contributed by atoms with Crippen LogP contribution in [0.25, 0.3) is 0 Å². The molecule has 4 rings (SSSR count). The second-order valence-corrected chi connectivity index (χ2v) is 11.3. The number of halogens is 3. The number of ketones is 1. The number of aryl methyl sites for hydroxylation is 1. The summed E-state index contributed by atoms with van der Waals surface area (Å²) in [5.74, 6) is 1.40. The molecule has 0 amide bonds. The van der Waals surface area contributed by atoms with E-state index >= 15 is 0 Å². The van der Waals surface area contributed by atoms with Crippen molar-refractivity contribution in [1.29, 1.82) is 10.8 Å². The van der Waals surface area contributed by atoms with E-state index in [9.17, 15) is 13.6 Å². The van der Waals surface area contributed by atoms with Crippen molar-refractivity contribution in [2.75, 3.05) is 13.6 Å². The van der Waals surface area contributed by atoms with Crippen LogP contribution in [0.4, 0.5) is 8.78 Å². The van der Waals surface area contributed by atoms with Crippen LogP contribution < -0.4 is 5.32 Å². The normalized spacial score (nSPS) is 17.8. The molecule has 5 nitrogen and oxygen atoms in total. The molecule has 0 saturated heterocycles. The fourth-order valence-corrected chi connectivity index (χ4v) is 5.22. The van der Waals surface area contributed by atoms with Gasteiger partial charge in [-0.05, 0) is 86.2 Å². The Kier molecular flexibility index (Phi) is 14.5. The number of hydrogen-bond acceptors (Lipinski definition) is 4. The van der Waals surface area contributed by atoms with Gasteiger partial charge in [-0.2, -0.15) is 0 Å². The maximum Gasteiger partial charge on any atom is 0.264 e. The van der Waals surface area contributed by atoms with Crippen LogP contribution in [0.5, 0.6) is 0 Å². The van der Waals surface area contributed by atoms with E-state index in [2.05, 4.69) is 36.5 Å². The molecule has 40 heavy (non-hydrogen) atoms. The van der Waals surface area contributed by atoms with E-state index in [0.29, 0.717) is 35.9 Å². The van der Waals surface area contributed by atoms with Crippen LogP contribution in [0.15, 0.2) is 36.4 Å². The van der Waals surface area contributed by atoms with Gasteiger partial charge < -0.3 is 10.2 Å². The highest BCUT2D eigenvalue weighted by atomic mass is 35.5. The molecular formula is C32H45ClF2N4O. The first-order valence-corrected chi connectivity index (χ1v) is 14.7. The largest absolute Gasteiger partial charge is 0.327 e.